The first-order valence-corrected chi connectivity index (χ1v) is 8.71. The number of carbonyl (C=O) groups excluding carboxylic acids is 1. The molecule has 2 heterocycles. The monoisotopic (exact) mass is 388 g/mol. The van der Waals surface area contributed by atoms with E-state index in [-0.39, 0.29) is 12.5 Å². The van der Waals surface area contributed by atoms with Crippen molar-refractivity contribution in [3.05, 3.63) is 77.2 Å². The van der Waals surface area contributed by atoms with Gasteiger partial charge in [0.15, 0.2) is 5.82 Å². The Kier molecular flexibility index (Phi) is 5.48. The van der Waals surface area contributed by atoms with Gasteiger partial charge in [-0.2, -0.15) is 18.3 Å². The van der Waals surface area contributed by atoms with Gasteiger partial charge in [-0.3, -0.25) is 4.79 Å². The largest absolute Gasteiger partial charge is 0.416 e. The predicted octanol–water partition coefficient (Wildman–Crippen LogP) is 4.12. The van der Waals surface area contributed by atoms with E-state index < -0.39 is 11.7 Å². The van der Waals surface area contributed by atoms with Gasteiger partial charge in [-0.1, -0.05) is 25.1 Å². The molecule has 146 valence electrons. The summed E-state index contributed by atoms with van der Waals surface area (Å²) in [5.41, 5.74) is 1.07. The highest BCUT2D eigenvalue weighted by molar-refractivity contribution is 5.95. The van der Waals surface area contributed by atoms with E-state index in [0.29, 0.717) is 23.4 Å². The zero-order chi connectivity index (χ0) is 20.3. The van der Waals surface area contributed by atoms with E-state index in [0.717, 1.165) is 17.8 Å². The van der Waals surface area contributed by atoms with Gasteiger partial charge in [-0.25, -0.2) is 9.67 Å². The number of rotatable bonds is 5. The van der Waals surface area contributed by atoms with E-state index in [1.165, 1.54) is 23.2 Å². The van der Waals surface area contributed by atoms with Crippen molar-refractivity contribution in [1.29, 1.82) is 0 Å². The molecular formula is C20H19F3N4O. The molecule has 0 bridgehead atoms. The third kappa shape index (κ3) is 4.05. The Morgan fingerprint density at radius 1 is 1.14 bits per heavy atom. The van der Waals surface area contributed by atoms with Gasteiger partial charge in [-0.05, 0) is 36.2 Å². The molecule has 0 N–H and O–H groups in total. The second kappa shape index (κ2) is 7.84. The molecule has 0 unspecified atom stereocenters. The number of pyridine rings is 1. The zero-order valence-electron chi connectivity index (χ0n) is 15.4. The van der Waals surface area contributed by atoms with Crippen molar-refractivity contribution in [2.75, 3.05) is 7.05 Å². The van der Waals surface area contributed by atoms with Crippen molar-refractivity contribution < 1.29 is 18.0 Å². The summed E-state index contributed by atoms with van der Waals surface area (Å²) in [6.45, 7) is 2.11. The number of alkyl halides is 3. The van der Waals surface area contributed by atoms with Gasteiger partial charge in [0.05, 0.1) is 23.0 Å². The maximum atomic E-state index is 12.9. The lowest BCUT2D eigenvalue weighted by molar-refractivity contribution is -0.137. The van der Waals surface area contributed by atoms with Crippen LogP contribution in [0.3, 0.4) is 0 Å². The van der Waals surface area contributed by atoms with Gasteiger partial charge in [0.2, 0.25) is 0 Å². The summed E-state index contributed by atoms with van der Waals surface area (Å²) in [5, 5.41) is 4.29. The highest BCUT2D eigenvalue weighted by atomic mass is 19.4. The van der Waals surface area contributed by atoms with Crippen molar-refractivity contribution in [1.82, 2.24) is 19.7 Å². The number of carbonyl (C=O) groups is 1. The standard InChI is InChI=1S/C20H19F3N4O/c1-3-17-16(12-25-27(17)18-6-4-5-11-24-18)19(28)26(2)13-14-7-9-15(10-8-14)20(21,22)23/h4-12H,3,13H2,1-2H3. The Hall–Kier alpha value is -3.16. The van der Waals surface area contributed by atoms with Crippen LogP contribution in [-0.4, -0.2) is 32.6 Å². The van der Waals surface area contributed by atoms with Gasteiger partial charge in [-0.15, -0.1) is 0 Å². The molecule has 0 spiro atoms. The van der Waals surface area contributed by atoms with E-state index >= 15 is 0 Å². The second-order valence-electron chi connectivity index (χ2n) is 6.31. The van der Waals surface area contributed by atoms with Crippen LogP contribution in [0.25, 0.3) is 5.82 Å². The minimum Gasteiger partial charge on any atom is -0.337 e. The topological polar surface area (TPSA) is 51.0 Å². The summed E-state index contributed by atoms with van der Waals surface area (Å²) in [7, 11) is 1.61. The van der Waals surface area contributed by atoms with Crippen molar-refractivity contribution >= 4 is 5.91 Å². The molecule has 2 aromatic heterocycles. The molecule has 1 amide bonds. The summed E-state index contributed by atoms with van der Waals surface area (Å²) in [5.74, 6) is 0.364. The Balaban J connectivity index is 1.79. The van der Waals surface area contributed by atoms with Gasteiger partial charge in [0, 0.05) is 19.8 Å². The molecule has 0 radical (unpaired) electrons. The Labute approximate surface area is 160 Å². The summed E-state index contributed by atoms with van der Waals surface area (Å²) >= 11 is 0. The highest BCUT2D eigenvalue weighted by Gasteiger charge is 2.30. The van der Waals surface area contributed by atoms with Gasteiger partial charge >= 0.3 is 6.18 Å². The van der Waals surface area contributed by atoms with E-state index in [1.807, 2.05) is 13.0 Å². The third-order valence-corrected chi connectivity index (χ3v) is 4.35. The molecule has 0 atom stereocenters. The van der Waals surface area contributed by atoms with E-state index in [4.69, 9.17) is 0 Å². The molecule has 3 aromatic rings. The minimum absolute atomic E-state index is 0.189. The smallest absolute Gasteiger partial charge is 0.337 e. The molecule has 0 fully saturated rings. The average molecular weight is 388 g/mol. The number of aromatic nitrogens is 3. The summed E-state index contributed by atoms with van der Waals surface area (Å²) in [6.07, 6.45) is -0.657. The molecule has 0 saturated heterocycles. The van der Waals surface area contributed by atoms with E-state index in [2.05, 4.69) is 10.1 Å². The fraction of sp³-hybridized carbons (Fsp3) is 0.250. The third-order valence-electron chi connectivity index (χ3n) is 4.35. The van der Waals surface area contributed by atoms with Crippen molar-refractivity contribution in [3.63, 3.8) is 0 Å². The molecule has 8 heteroatoms. The molecular weight excluding hydrogens is 369 g/mol. The first-order valence-electron chi connectivity index (χ1n) is 8.71. The fourth-order valence-corrected chi connectivity index (χ4v) is 2.92. The normalized spacial score (nSPS) is 11.5. The van der Waals surface area contributed by atoms with Gasteiger partial charge in [0.25, 0.3) is 5.91 Å². The summed E-state index contributed by atoms with van der Waals surface area (Å²) in [4.78, 5) is 18.6. The van der Waals surface area contributed by atoms with Crippen molar-refractivity contribution in [2.45, 2.75) is 26.1 Å². The van der Waals surface area contributed by atoms with Crippen LogP contribution >= 0.6 is 0 Å². The predicted molar refractivity (Wildman–Crippen MR) is 98.0 cm³/mol. The average Bonchev–Trinajstić information content (AvgIpc) is 3.11. The maximum absolute atomic E-state index is 12.9. The highest BCUT2D eigenvalue weighted by Crippen LogP contribution is 2.29. The van der Waals surface area contributed by atoms with Crippen LogP contribution < -0.4 is 0 Å². The molecule has 0 aliphatic rings. The van der Waals surface area contributed by atoms with Gasteiger partial charge < -0.3 is 4.90 Å². The first-order chi connectivity index (χ1) is 13.3. The molecule has 0 saturated carbocycles. The zero-order valence-corrected chi connectivity index (χ0v) is 15.4. The van der Waals surface area contributed by atoms with Crippen LogP contribution in [-0.2, 0) is 19.1 Å². The number of amides is 1. The Morgan fingerprint density at radius 3 is 2.43 bits per heavy atom. The number of benzene rings is 1. The fourth-order valence-electron chi connectivity index (χ4n) is 2.92. The van der Waals surface area contributed by atoms with E-state index in [1.54, 1.807) is 30.1 Å². The maximum Gasteiger partial charge on any atom is 0.416 e. The lowest BCUT2D eigenvalue weighted by Crippen LogP contribution is -2.27. The van der Waals surface area contributed by atoms with Crippen LogP contribution in [0.15, 0.2) is 54.9 Å². The van der Waals surface area contributed by atoms with E-state index in [9.17, 15) is 18.0 Å². The summed E-state index contributed by atoms with van der Waals surface area (Å²) in [6, 6.07) is 10.2. The summed E-state index contributed by atoms with van der Waals surface area (Å²) < 4.78 is 39.7. The number of nitrogens with zero attached hydrogens (tertiary/aromatic N) is 4. The molecule has 5 nitrogen and oxygen atoms in total. The number of hydrogen-bond acceptors (Lipinski definition) is 3. The lowest BCUT2D eigenvalue weighted by atomic mass is 10.1. The molecule has 28 heavy (non-hydrogen) atoms. The first kappa shape index (κ1) is 19.6. The van der Waals surface area contributed by atoms with Crippen molar-refractivity contribution in [3.8, 4) is 5.82 Å². The molecule has 0 aliphatic carbocycles. The van der Waals surface area contributed by atoms with Crippen LogP contribution in [0.5, 0.6) is 0 Å². The van der Waals surface area contributed by atoms with Crippen LogP contribution in [0, 0.1) is 0 Å². The van der Waals surface area contributed by atoms with Crippen LogP contribution in [0.2, 0.25) is 0 Å². The SMILES string of the molecule is CCc1c(C(=O)N(C)Cc2ccc(C(F)(F)F)cc2)cnn1-c1ccccn1. The van der Waals surface area contributed by atoms with Crippen molar-refractivity contribution in [2.24, 2.45) is 0 Å². The minimum atomic E-state index is -4.38. The molecule has 0 aliphatic heterocycles. The quantitative estimate of drug-likeness (QED) is 0.661. The number of hydrogen-bond donors (Lipinski definition) is 0. The lowest BCUT2D eigenvalue weighted by Gasteiger charge is -2.18. The van der Waals surface area contributed by atoms with Crippen LogP contribution in [0.1, 0.15) is 34.1 Å². The second-order valence-corrected chi connectivity index (χ2v) is 6.31. The molecule has 1 aromatic carbocycles. The van der Waals surface area contributed by atoms with Crippen LogP contribution in [0.4, 0.5) is 13.2 Å². The molecule has 3 rings (SSSR count). The Morgan fingerprint density at radius 2 is 1.86 bits per heavy atom. The Bertz CT molecular complexity index is 950. The van der Waals surface area contributed by atoms with Gasteiger partial charge in [0.1, 0.15) is 0 Å². The number of halogens is 3.